The zero-order valence-electron chi connectivity index (χ0n) is 16.5. The second-order valence-corrected chi connectivity index (χ2v) is 9.90. The summed E-state index contributed by atoms with van der Waals surface area (Å²) >= 11 is 1.31. The van der Waals surface area contributed by atoms with Gasteiger partial charge in [0.15, 0.2) is 0 Å². The molecule has 1 fully saturated rings. The van der Waals surface area contributed by atoms with E-state index >= 15 is 0 Å². The molecule has 2 heterocycles. The minimum absolute atomic E-state index is 0.196. The summed E-state index contributed by atoms with van der Waals surface area (Å²) in [5.74, 6) is -0.196. The molecule has 1 aliphatic heterocycles. The Hall–Kier alpha value is -2.25. The Labute approximate surface area is 175 Å². The van der Waals surface area contributed by atoms with E-state index in [-0.39, 0.29) is 5.91 Å². The van der Waals surface area contributed by atoms with E-state index in [1.807, 2.05) is 11.8 Å². The molecule has 0 radical (unpaired) electrons. The van der Waals surface area contributed by atoms with Crippen LogP contribution in [0.25, 0.3) is 0 Å². The first kappa shape index (κ1) is 21.5. The van der Waals surface area contributed by atoms with Crippen molar-refractivity contribution < 1.29 is 13.2 Å². The summed E-state index contributed by atoms with van der Waals surface area (Å²) in [4.78, 5) is 14.9. The first-order valence-electron chi connectivity index (χ1n) is 9.42. The maximum atomic E-state index is 12.9. The highest BCUT2D eigenvalue weighted by Crippen LogP contribution is 2.23. The molecule has 0 bridgehead atoms. The number of sulfonamides is 1. The Bertz CT molecular complexity index is 1010. The van der Waals surface area contributed by atoms with Gasteiger partial charge in [0.2, 0.25) is 15.9 Å². The molecule has 1 aromatic carbocycles. The third-order valence-corrected chi connectivity index (χ3v) is 7.84. The summed E-state index contributed by atoms with van der Waals surface area (Å²) in [6, 6.07) is 10.2. The van der Waals surface area contributed by atoms with Crippen molar-refractivity contribution in [2.75, 3.05) is 31.5 Å². The molecular formula is C20H24N4O3S2. The summed E-state index contributed by atoms with van der Waals surface area (Å²) in [6.07, 6.45) is 0.644. The molecule has 1 aromatic heterocycles. The van der Waals surface area contributed by atoms with E-state index in [1.165, 1.54) is 15.6 Å². The molecule has 1 atom stereocenters. The first-order chi connectivity index (χ1) is 13.8. The molecule has 7 nitrogen and oxygen atoms in total. The van der Waals surface area contributed by atoms with Gasteiger partial charge < -0.3 is 5.32 Å². The van der Waals surface area contributed by atoms with Crippen LogP contribution in [0.1, 0.15) is 24.5 Å². The number of carbonyl (C=O) groups is 1. The van der Waals surface area contributed by atoms with Crippen molar-refractivity contribution in [2.45, 2.75) is 31.2 Å². The molecule has 1 aliphatic rings. The maximum Gasteiger partial charge on any atom is 0.243 e. The van der Waals surface area contributed by atoms with Crippen molar-refractivity contribution in [3.63, 3.8) is 0 Å². The SMILES string of the molecule is Cc1ccc(S(=O)(=O)N2CCCN([C@@H](C)C(=O)Nc3sccc3C#N)CC2)cc1. The van der Waals surface area contributed by atoms with Crippen molar-refractivity contribution in [1.82, 2.24) is 9.21 Å². The third-order valence-electron chi connectivity index (χ3n) is 5.10. The van der Waals surface area contributed by atoms with Gasteiger partial charge in [0.05, 0.1) is 16.5 Å². The lowest BCUT2D eigenvalue weighted by molar-refractivity contribution is -0.120. The molecule has 9 heteroatoms. The average Bonchev–Trinajstić information content (AvgIpc) is 2.99. The minimum Gasteiger partial charge on any atom is -0.315 e. The smallest absolute Gasteiger partial charge is 0.243 e. The normalized spacial score (nSPS) is 17.3. The lowest BCUT2D eigenvalue weighted by atomic mass is 10.2. The highest BCUT2D eigenvalue weighted by atomic mass is 32.2. The molecule has 154 valence electrons. The molecule has 3 rings (SSSR count). The zero-order chi connectivity index (χ0) is 21.0. The van der Waals surface area contributed by atoms with Crippen LogP contribution in [-0.4, -0.2) is 55.8 Å². The van der Waals surface area contributed by atoms with Crippen molar-refractivity contribution in [3.8, 4) is 6.07 Å². The number of aryl methyl sites for hydroxylation is 1. The average molecular weight is 433 g/mol. The molecule has 0 spiro atoms. The zero-order valence-corrected chi connectivity index (χ0v) is 18.1. The number of thiophene rings is 1. The van der Waals surface area contributed by atoms with Crippen LogP contribution in [0.5, 0.6) is 0 Å². The van der Waals surface area contributed by atoms with Crippen LogP contribution in [0, 0.1) is 18.3 Å². The lowest BCUT2D eigenvalue weighted by Crippen LogP contribution is -2.44. The number of anilines is 1. The van der Waals surface area contributed by atoms with E-state index < -0.39 is 16.1 Å². The van der Waals surface area contributed by atoms with Crippen LogP contribution in [0.15, 0.2) is 40.6 Å². The van der Waals surface area contributed by atoms with Gasteiger partial charge >= 0.3 is 0 Å². The lowest BCUT2D eigenvalue weighted by Gasteiger charge is -2.26. The summed E-state index contributed by atoms with van der Waals surface area (Å²) in [6.45, 7) is 5.57. The van der Waals surface area contributed by atoms with Gasteiger partial charge in [0, 0.05) is 26.2 Å². The van der Waals surface area contributed by atoms with Crippen molar-refractivity contribution in [2.24, 2.45) is 0 Å². The van der Waals surface area contributed by atoms with Gasteiger partial charge in [-0.2, -0.15) is 9.57 Å². The van der Waals surface area contributed by atoms with Crippen LogP contribution in [0.3, 0.4) is 0 Å². The molecule has 0 saturated carbocycles. The van der Waals surface area contributed by atoms with Crippen molar-refractivity contribution in [3.05, 3.63) is 46.8 Å². The van der Waals surface area contributed by atoms with Crippen LogP contribution in [0.2, 0.25) is 0 Å². The van der Waals surface area contributed by atoms with Crippen LogP contribution in [-0.2, 0) is 14.8 Å². The number of hydrogen-bond donors (Lipinski definition) is 1. The van der Waals surface area contributed by atoms with Crippen molar-refractivity contribution in [1.29, 1.82) is 5.26 Å². The fourth-order valence-corrected chi connectivity index (χ4v) is 5.49. The predicted molar refractivity (Wildman–Crippen MR) is 113 cm³/mol. The second-order valence-electron chi connectivity index (χ2n) is 7.05. The molecule has 2 aromatic rings. The molecule has 0 unspecified atom stereocenters. The number of nitrogens with zero attached hydrogens (tertiary/aromatic N) is 3. The summed E-state index contributed by atoms with van der Waals surface area (Å²) in [5, 5.41) is 14.2. The van der Waals surface area contributed by atoms with Gasteiger partial charge in [-0.25, -0.2) is 8.42 Å². The van der Waals surface area contributed by atoms with Crippen LogP contribution in [0.4, 0.5) is 5.00 Å². The fourth-order valence-electron chi connectivity index (χ4n) is 3.28. The predicted octanol–water partition coefficient (Wildman–Crippen LogP) is 2.65. The topological polar surface area (TPSA) is 93.5 Å². The number of nitriles is 1. The third kappa shape index (κ3) is 4.85. The Morgan fingerprint density at radius 1 is 1.17 bits per heavy atom. The molecule has 1 amide bonds. The Balaban J connectivity index is 1.65. The van der Waals surface area contributed by atoms with Gasteiger partial charge in [0.1, 0.15) is 11.1 Å². The number of hydrogen-bond acceptors (Lipinski definition) is 6. The van der Waals surface area contributed by atoms with Crippen LogP contribution >= 0.6 is 11.3 Å². The molecule has 29 heavy (non-hydrogen) atoms. The van der Waals surface area contributed by atoms with E-state index in [9.17, 15) is 13.2 Å². The fraction of sp³-hybridized carbons (Fsp3) is 0.400. The number of rotatable bonds is 5. The Morgan fingerprint density at radius 2 is 1.90 bits per heavy atom. The standard InChI is InChI=1S/C20H24N4O3S2/c1-15-4-6-18(7-5-15)29(26,27)24-10-3-9-23(11-12-24)16(2)19(25)22-20-17(14-21)8-13-28-20/h4-8,13,16H,3,9-12H2,1-2H3,(H,22,25)/t16-/m0/s1. The van der Waals surface area contributed by atoms with Crippen LogP contribution < -0.4 is 5.32 Å². The molecule has 1 N–H and O–H groups in total. The minimum atomic E-state index is -3.55. The Morgan fingerprint density at radius 3 is 2.59 bits per heavy atom. The maximum absolute atomic E-state index is 12.9. The second kappa shape index (κ2) is 9.05. The number of nitrogens with one attached hydrogen (secondary N) is 1. The summed E-state index contributed by atoms with van der Waals surface area (Å²) in [7, 11) is -3.55. The monoisotopic (exact) mass is 432 g/mol. The number of carbonyl (C=O) groups excluding carboxylic acids is 1. The summed E-state index contributed by atoms with van der Waals surface area (Å²) in [5.41, 5.74) is 1.46. The number of benzene rings is 1. The van der Waals surface area contributed by atoms with E-state index in [1.54, 1.807) is 42.6 Å². The van der Waals surface area contributed by atoms with Gasteiger partial charge in [0.25, 0.3) is 0 Å². The van der Waals surface area contributed by atoms with E-state index in [0.717, 1.165) is 5.56 Å². The van der Waals surface area contributed by atoms with E-state index in [2.05, 4.69) is 11.4 Å². The molecule has 0 aliphatic carbocycles. The quantitative estimate of drug-likeness (QED) is 0.784. The highest BCUT2D eigenvalue weighted by molar-refractivity contribution is 7.89. The molecule has 1 saturated heterocycles. The largest absolute Gasteiger partial charge is 0.315 e. The number of amides is 1. The van der Waals surface area contributed by atoms with Gasteiger partial charge in [-0.05, 0) is 43.8 Å². The van der Waals surface area contributed by atoms with Crippen molar-refractivity contribution >= 4 is 32.3 Å². The van der Waals surface area contributed by atoms with Gasteiger partial charge in [-0.15, -0.1) is 11.3 Å². The summed E-state index contributed by atoms with van der Waals surface area (Å²) < 4.78 is 27.4. The van der Waals surface area contributed by atoms with Gasteiger partial charge in [-0.3, -0.25) is 9.69 Å². The first-order valence-corrected chi connectivity index (χ1v) is 11.7. The Kier molecular flexibility index (Phi) is 6.70. The van der Waals surface area contributed by atoms with E-state index in [4.69, 9.17) is 5.26 Å². The van der Waals surface area contributed by atoms with E-state index in [0.29, 0.717) is 48.1 Å². The molecular weight excluding hydrogens is 408 g/mol. The van der Waals surface area contributed by atoms with Gasteiger partial charge in [-0.1, -0.05) is 17.7 Å². The highest BCUT2D eigenvalue weighted by Gasteiger charge is 2.30.